The van der Waals surface area contributed by atoms with Crippen LogP contribution in [0.25, 0.3) is 22.5 Å². The topological polar surface area (TPSA) is 76.2 Å². The van der Waals surface area contributed by atoms with Gasteiger partial charge in [0.1, 0.15) is 18.1 Å². The summed E-state index contributed by atoms with van der Waals surface area (Å²) in [5, 5.41) is 10.7. The zero-order valence-electron chi connectivity index (χ0n) is 17.7. The molecule has 2 heterocycles. The van der Waals surface area contributed by atoms with E-state index in [2.05, 4.69) is 15.5 Å². The Balaban J connectivity index is 1.25. The summed E-state index contributed by atoms with van der Waals surface area (Å²) in [4.78, 5) is 12.5. The number of amides is 1. The minimum atomic E-state index is -0.0913. The fraction of sp³-hybridized carbons (Fsp3) is 0.154. The third-order valence-electron chi connectivity index (χ3n) is 5.67. The number of hydrogen-bond donors (Lipinski definition) is 2. The van der Waals surface area contributed by atoms with Crippen molar-refractivity contribution in [3.05, 3.63) is 89.5 Å². The van der Waals surface area contributed by atoms with Gasteiger partial charge in [0.15, 0.2) is 0 Å². The smallest absolute Gasteiger partial charge is 0.251 e. The molecule has 0 saturated heterocycles. The van der Waals surface area contributed by atoms with Gasteiger partial charge in [0.25, 0.3) is 5.91 Å². The number of aromatic amines is 1. The largest absolute Gasteiger partial charge is 0.497 e. The van der Waals surface area contributed by atoms with Crippen molar-refractivity contribution in [1.29, 1.82) is 0 Å². The highest BCUT2D eigenvalue weighted by Crippen LogP contribution is 2.39. The second kappa shape index (κ2) is 8.59. The molecule has 0 aliphatic carbocycles. The van der Waals surface area contributed by atoms with Gasteiger partial charge >= 0.3 is 0 Å². The number of carbonyl (C=O) groups is 1. The van der Waals surface area contributed by atoms with Crippen LogP contribution in [0.4, 0.5) is 0 Å². The van der Waals surface area contributed by atoms with E-state index in [4.69, 9.17) is 9.47 Å². The number of H-pyrrole nitrogens is 1. The number of nitrogens with zero attached hydrogens (tertiary/aromatic N) is 1. The number of ether oxygens (including phenoxy) is 2. The number of methoxy groups -OCH3 is 1. The monoisotopic (exact) mass is 425 g/mol. The molecule has 6 heteroatoms. The lowest BCUT2D eigenvalue weighted by molar-refractivity contribution is 0.0954. The van der Waals surface area contributed by atoms with E-state index in [9.17, 15) is 4.79 Å². The number of benzene rings is 3. The van der Waals surface area contributed by atoms with Crippen LogP contribution in [0, 0.1) is 0 Å². The fourth-order valence-corrected chi connectivity index (χ4v) is 3.91. The van der Waals surface area contributed by atoms with Gasteiger partial charge in [-0.15, -0.1) is 0 Å². The summed E-state index contributed by atoms with van der Waals surface area (Å²) in [6.07, 6.45) is 0.759. The minimum absolute atomic E-state index is 0.0913. The molecule has 2 N–H and O–H groups in total. The molecule has 0 fully saturated rings. The first kappa shape index (κ1) is 19.9. The van der Waals surface area contributed by atoms with E-state index in [0.29, 0.717) is 18.7 Å². The molecule has 1 amide bonds. The van der Waals surface area contributed by atoms with E-state index in [-0.39, 0.29) is 5.91 Å². The van der Waals surface area contributed by atoms with Gasteiger partial charge < -0.3 is 14.8 Å². The van der Waals surface area contributed by atoms with Crippen LogP contribution in [0.1, 0.15) is 21.5 Å². The lowest BCUT2D eigenvalue weighted by Crippen LogP contribution is -2.25. The predicted octanol–water partition coefficient (Wildman–Crippen LogP) is 4.62. The molecule has 1 aromatic heterocycles. The van der Waals surface area contributed by atoms with E-state index < -0.39 is 0 Å². The molecular formula is C26H23N3O3. The molecule has 3 aromatic carbocycles. The molecule has 1 aliphatic rings. The van der Waals surface area contributed by atoms with Crippen LogP contribution in [-0.2, 0) is 13.0 Å². The van der Waals surface area contributed by atoms with Crippen LogP contribution < -0.4 is 14.8 Å². The van der Waals surface area contributed by atoms with Crippen molar-refractivity contribution < 1.29 is 14.3 Å². The van der Waals surface area contributed by atoms with Crippen molar-refractivity contribution in [3.63, 3.8) is 0 Å². The van der Waals surface area contributed by atoms with Crippen LogP contribution in [0.2, 0.25) is 0 Å². The number of fused-ring (bicyclic) bond motifs is 3. The Morgan fingerprint density at radius 2 is 1.84 bits per heavy atom. The third-order valence-corrected chi connectivity index (χ3v) is 5.67. The van der Waals surface area contributed by atoms with Crippen LogP contribution in [0.5, 0.6) is 11.5 Å². The lowest BCUT2D eigenvalue weighted by Gasteiger charge is -2.17. The first-order chi connectivity index (χ1) is 15.7. The lowest BCUT2D eigenvalue weighted by atomic mass is 9.99. The van der Waals surface area contributed by atoms with E-state index in [1.54, 1.807) is 7.11 Å². The molecule has 32 heavy (non-hydrogen) atoms. The van der Waals surface area contributed by atoms with Gasteiger partial charge in [0, 0.05) is 28.8 Å². The van der Waals surface area contributed by atoms with Crippen molar-refractivity contribution >= 4 is 5.91 Å². The average molecular weight is 425 g/mol. The second-order valence-electron chi connectivity index (χ2n) is 7.64. The summed E-state index contributed by atoms with van der Waals surface area (Å²) in [5.74, 6) is 1.59. The van der Waals surface area contributed by atoms with Crippen LogP contribution in [0.15, 0.2) is 72.8 Å². The Bertz CT molecular complexity index is 1240. The van der Waals surface area contributed by atoms with Crippen LogP contribution in [-0.4, -0.2) is 29.8 Å². The van der Waals surface area contributed by atoms with Gasteiger partial charge in [-0.3, -0.25) is 9.89 Å². The van der Waals surface area contributed by atoms with Crippen molar-refractivity contribution in [2.24, 2.45) is 0 Å². The summed E-state index contributed by atoms with van der Waals surface area (Å²) in [7, 11) is 1.65. The van der Waals surface area contributed by atoms with Crippen molar-refractivity contribution in [1.82, 2.24) is 15.5 Å². The summed E-state index contributed by atoms with van der Waals surface area (Å²) >= 11 is 0. The standard InChI is InChI=1S/C26H23N3O3/c1-31-20-12-6-17(7-13-20)14-15-27-26(30)19-10-8-18(9-11-19)24-22-16-32-23-5-3-2-4-21(23)25(22)29-28-24/h2-13H,14-16H2,1H3,(H,27,30)(H,28,29). The number of carbonyl (C=O) groups excluding carboxylic acids is 1. The summed E-state index contributed by atoms with van der Waals surface area (Å²) in [6.45, 7) is 1.03. The molecule has 0 unspecified atom stereocenters. The highest BCUT2D eigenvalue weighted by molar-refractivity contribution is 5.94. The molecule has 160 valence electrons. The first-order valence-corrected chi connectivity index (χ1v) is 10.5. The highest BCUT2D eigenvalue weighted by atomic mass is 16.5. The molecule has 0 saturated carbocycles. The molecule has 4 aromatic rings. The molecule has 0 spiro atoms. The molecule has 5 rings (SSSR count). The summed E-state index contributed by atoms with van der Waals surface area (Å²) in [6, 6.07) is 23.3. The number of para-hydroxylation sites is 1. The maximum atomic E-state index is 12.5. The normalized spacial score (nSPS) is 11.8. The van der Waals surface area contributed by atoms with Gasteiger partial charge in [-0.2, -0.15) is 5.10 Å². The maximum Gasteiger partial charge on any atom is 0.251 e. The quantitative estimate of drug-likeness (QED) is 0.473. The first-order valence-electron chi connectivity index (χ1n) is 10.5. The number of rotatable bonds is 6. The Labute approximate surface area is 186 Å². The molecular weight excluding hydrogens is 402 g/mol. The summed E-state index contributed by atoms with van der Waals surface area (Å²) < 4.78 is 11.1. The summed E-state index contributed by atoms with van der Waals surface area (Å²) in [5.41, 5.74) is 6.59. The van der Waals surface area contributed by atoms with Gasteiger partial charge in [-0.05, 0) is 48.4 Å². The molecule has 0 bridgehead atoms. The van der Waals surface area contributed by atoms with Crippen molar-refractivity contribution in [3.8, 4) is 34.0 Å². The van der Waals surface area contributed by atoms with E-state index in [0.717, 1.165) is 51.6 Å². The van der Waals surface area contributed by atoms with Gasteiger partial charge in [0.2, 0.25) is 0 Å². The SMILES string of the molecule is COc1ccc(CCNC(=O)c2ccc(-c3n[nH]c4c3COc3ccccc3-4)cc2)cc1. The van der Waals surface area contributed by atoms with Crippen LogP contribution in [0.3, 0.4) is 0 Å². The van der Waals surface area contributed by atoms with Crippen molar-refractivity contribution in [2.45, 2.75) is 13.0 Å². The number of hydrogen-bond acceptors (Lipinski definition) is 4. The number of nitrogens with one attached hydrogen (secondary N) is 2. The molecule has 1 aliphatic heterocycles. The highest BCUT2D eigenvalue weighted by Gasteiger charge is 2.23. The van der Waals surface area contributed by atoms with Gasteiger partial charge in [0.05, 0.1) is 18.5 Å². The average Bonchev–Trinajstić information content (AvgIpc) is 3.29. The van der Waals surface area contributed by atoms with Gasteiger partial charge in [-0.1, -0.05) is 36.4 Å². The van der Waals surface area contributed by atoms with E-state index >= 15 is 0 Å². The Hall–Kier alpha value is -4.06. The molecule has 6 nitrogen and oxygen atoms in total. The van der Waals surface area contributed by atoms with Gasteiger partial charge in [-0.25, -0.2) is 0 Å². The fourth-order valence-electron chi connectivity index (χ4n) is 3.91. The molecule has 0 atom stereocenters. The third kappa shape index (κ3) is 3.83. The minimum Gasteiger partial charge on any atom is -0.497 e. The van der Waals surface area contributed by atoms with E-state index in [1.165, 1.54) is 0 Å². The Morgan fingerprint density at radius 3 is 2.62 bits per heavy atom. The second-order valence-corrected chi connectivity index (χ2v) is 7.64. The number of aromatic nitrogens is 2. The zero-order chi connectivity index (χ0) is 21.9. The van der Waals surface area contributed by atoms with Crippen molar-refractivity contribution in [2.75, 3.05) is 13.7 Å². The molecule has 0 radical (unpaired) electrons. The Morgan fingerprint density at radius 1 is 1.06 bits per heavy atom. The van der Waals surface area contributed by atoms with E-state index in [1.807, 2.05) is 72.8 Å². The Kier molecular flexibility index (Phi) is 5.34. The zero-order valence-corrected chi connectivity index (χ0v) is 17.7. The van der Waals surface area contributed by atoms with Crippen LogP contribution >= 0.6 is 0 Å². The maximum absolute atomic E-state index is 12.5. The predicted molar refractivity (Wildman–Crippen MR) is 123 cm³/mol.